The third kappa shape index (κ3) is 0.669. The van der Waals surface area contributed by atoms with Crippen LogP contribution in [0, 0.1) is 0 Å². The molecule has 9 heavy (non-hydrogen) atoms. The zero-order valence-corrected chi connectivity index (χ0v) is 5.65. The lowest BCUT2D eigenvalue weighted by Crippen LogP contribution is -2.50. The van der Waals surface area contributed by atoms with Crippen LogP contribution in [0.1, 0.15) is 0 Å². The first-order valence-corrected chi connectivity index (χ1v) is 3.85. The number of hydroxylamine groups is 3. The normalized spacial score (nSPS) is 28.9. The molecule has 2 bridgehead atoms. The molecule has 3 aliphatic heterocycles. The van der Waals surface area contributed by atoms with Crippen LogP contribution in [0.5, 0.6) is 0 Å². The van der Waals surface area contributed by atoms with E-state index in [-0.39, 0.29) is 5.11 Å². The van der Waals surface area contributed by atoms with Crippen molar-refractivity contribution >= 4 is 25.2 Å². The topological polar surface area (TPSA) is 60.0 Å². The molecular formula is CHN2O4PS. The number of nitrogens with one attached hydrogen (secondary N) is 1. The van der Waals surface area contributed by atoms with Crippen LogP contribution < -0.4 is 5.48 Å². The number of phosphoric acid groups is 1. The highest BCUT2D eigenvalue weighted by Gasteiger charge is 2.52. The van der Waals surface area contributed by atoms with E-state index in [1.807, 2.05) is 0 Å². The largest absolute Gasteiger partial charge is 0.543 e. The summed E-state index contributed by atoms with van der Waals surface area (Å²) in [5.41, 5.74) is 2.17. The molecule has 0 radical (unpaired) electrons. The summed E-state index contributed by atoms with van der Waals surface area (Å²) in [6.07, 6.45) is 0. The van der Waals surface area contributed by atoms with Crippen LogP contribution in [-0.2, 0) is 18.4 Å². The number of hydrogen-bond acceptors (Lipinski definition) is 5. The predicted octanol–water partition coefficient (Wildman–Crippen LogP) is 0.0930. The molecule has 0 unspecified atom stereocenters. The zero-order valence-electron chi connectivity index (χ0n) is 3.94. The second-order valence-corrected chi connectivity index (χ2v) is 3.16. The first-order valence-electron chi connectivity index (χ1n) is 1.98. The third-order valence-corrected chi connectivity index (χ3v) is 2.00. The lowest BCUT2D eigenvalue weighted by molar-refractivity contribution is -0.321. The van der Waals surface area contributed by atoms with E-state index in [2.05, 4.69) is 31.6 Å². The summed E-state index contributed by atoms with van der Waals surface area (Å²) in [5, 5.41) is 0.923. The van der Waals surface area contributed by atoms with Gasteiger partial charge in [-0.25, -0.2) is 10.0 Å². The highest BCUT2D eigenvalue weighted by molar-refractivity contribution is 7.80. The third-order valence-electron chi connectivity index (χ3n) is 0.759. The molecule has 50 valence electrons. The molecule has 0 aromatic heterocycles. The molecule has 0 aliphatic carbocycles. The fourth-order valence-electron chi connectivity index (χ4n) is 0.427. The van der Waals surface area contributed by atoms with Crippen molar-refractivity contribution in [2.45, 2.75) is 0 Å². The van der Waals surface area contributed by atoms with E-state index in [9.17, 15) is 4.57 Å². The molecule has 3 rings (SSSR count). The van der Waals surface area contributed by atoms with E-state index in [1.54, 1.807) is 0 Å². The van der Waals surface area contributed by atoms with E-state index in [1.165, 1.54) is 0 Å². The molecule has 0 saturated carbocycles. The van der Waals surface area contributed by atoms with Crippen molar-refractivity contribution in [1.82, 2.24) is 10.7 Å². The Kier molecular flexibility index (Phi) is 0.895. The summed E-state index contributed by atoms with van der Waals surface area (Å²) >= 11 is 4.53. The molecular weight excluding hydrogens is 167 g/mol. The van der Waals surface area contributed by atoms with Crippen molar-refractivity contribution < 1.29 is 18.4 Å². The molecule has 0 atom stereocenters. The van der Waals surface area contributed by atoms with Gasteiger partial charge in [-0.2, -0.15) is 4.62 Å². The Morgan fingerprint density at radius 3 is 2.67 bits per heavy atom. The number of nitrogens with zero attached hydrogens (tertiary/aromatic N) is 1. The second-order valence-electron chi connectivity index (χ2n) is 1.37. The molecule has 0 aromatic carbocycles. The maximum atomic E-state index is 10.6. The van der Waals surface area contributed by atoms with E-state index < -0.39 is 7.82 Å². The van der Waals surface area contributed by atoms with Crippen LogP contribution in [0.25, 0.3) is 0 Å². The fourth-order valence-corrected chi connectivity index (χ4v) is 1.52. The molecule has 0 aromatic rings. The minimum Gasteiger partial charge on any atom is -0.227 e. The van der Waals surface area contributed by atoms with Crippen molar-refractivity contribution in [3.05, 3.63) is 0 Å². The van der Waals surface area contributed by atoms with Gasteiger partial charge in [0.05, 0.1) is 0 Å². The Labute approximate surface area is 55.1 Å². The number of rotatable bonds is 0. The Morgan fingerprint density at radius 1 is 1.67 bits per heavy atom. The lowest BCUT2D eigenvalue weighted by Gasteiger charge is -2.39. The Morgan fingerprint density at radius 2 is 2.33 bits per heavy atom. The maximum Gasteiger partial charge on any atom is 0.543 e. The van der Waals surface area contributed by atoms with Crippen molar-refractivity contribution in [1.29, 1.82) is 0 Å². The SMILES string of the molecule is O=P12ONC(=S)N(O1)O2. The molecule has 6 nitrogen and oxygen atoms in total. The van der Waals surface area contributed by atoms with Gasteiger partial charge in [-0.15, -0.1) is 9.25 Å². The highest BCUT2D eigenvalue weighted by Crippen LogP contribution is 2.60. The summed E-state index contributed by atoms with van der Waals surface area (Å²) < 4.78 is 23.8. The Hall–Kier alpha value is -0.200. The van der Waals surface area contributed by atoms with E-state index in [0.717, 1.165) is 5.23 Å². The van der Waals surface area contributed by atoms with Crippen molar-refractivity contribution in [3.63, 3.8) is 0 Å². The minimum atomic E-state index is -3.25. The van der Waals surface area contributed by atoms with Gasteiger partial charge in [0, 0.05) is 0 Å². The smallest absolute Gasteiger partial charge is 0.227 e. The van der Waals surface area contributed by atoms with Crippen LogP contribution in [0.4, 0.5) is 0 Å². The van der Waals surface area contributed by atoms with Crippen LogP contribution in [-0.4, -0.2) is 10.3 Å². The van der Waals surface area contributed by atoms with Gasteiger partial charge in [0.25, 0.3) is 0 Å². The van der Waals surface area contributed by atoms with Crippen LogP contribution in [0.2, 0.25) is 0 Å². The van der Waals surface area contributed by atoms with E-state index in [0.29, 0.717) is 0 Å². The van der Waals surface area contributed by atoms with Gasteiger partial charge in [-0.1, -0.05) is 5.23 Å². The standard InChI is InChI=1S/CHN2O4PS/c4-8-5-2-1(9)3(6-8)7-8/h(H,2,9). The van der Waals surface area contributed by atoms with Gasteiger partial charge in [0.1, 0.15) is 0 Å². The Bertz CT molecular complexity index is 198. The van der Waals surface area contributed by atoms with Gasteiger partial charge in [-0.05, 0) is 12.2 Å². The average Bonchev–Trinajstić information content (AvgIpc) is 1.73. The monoisotopic (exact) mass is 168 g/mol. The number of fused-ring (bicyclic) bond motifs is 2. The number of hydrogen-bond donors (Lipinski definition) is 1. The van der Waals surface area contributed by atoms with Crippen molar-refractivity contribution in [3.8, 4) is 0 Å². The molecule has 1 N–H and O–H groups in total. The van der Waals surface area contributed by atoms with Crippen LogP contribution in [0.15, 0.2) is 0 Å². The summed E-state index contributed by atoms with van der Waals surface area (Å²) in [4.78, 5) is 0. The van der Waals surface area contributed by atoms with Gasteiger partial charge >= 0.3 is 7.82 Å². The highest BCUT2D eigenvalue weighted by atomic mass is 32.1. The maximum absolute atomic E-state index is 10.6. The van der Waals surface area contributed by atoms with Gasteiger partial charge < -0.3 is 0 Å². The number of thiocarbonyl (C=S) groups is 1. The summed E-state index contributed by atoms with van der Waals surface area (Å²) in [5.74, 6) is 0. The Balaban J connectivity index is 2.22. The lowest BCUT2D eigenvalue weighted by atomic mass is 11.2. The van der Waals surface area contributed by atoms with Gasteiger partial charge in [-0.3, -0.25) is 0 Å². The fraction of sp³-hybridized carbons (Fsp3) is 0. The van der Waals surface area contributed by atoms with Gasteiger partial charge in [0.15, 0.2) is 0 Å². The second kappa shape index (κ2) is 1.44. The van der Waals surface area contributed by atoms with E-state index in [4.69, 9.17) is 0 Å². The quantitative estimate of drug-likeness (QED) is 0.406. The summed E-state index contributed by atoms with van der Waals surface area (Å²) in [7, 11) is -3.25. The average molecular weight is 168 g/mol. The first kappa shape index (κ1) is 5.57. The van der Waals surface area contributed by atoms with Crippen LogP contribution in [0.3, 0.4) is 0 Å². The molecule has 0 spiro atoms. The minimum absolute atomic E-state index is 0.104. The molecule has 0 amide bonds. The molecule has 3 saturated heterocycles. The molecule has 3 heterocycles. The van der Waals surface area contributed by atoms with Crippen LogP contribution >= 0.6 is 20.0 Å². The van der Waals surface area contributed by atoms with E-state index >= 15 is 0 Å². The predicted molar refractivity (Wildman–Crippen MR) is 28.4 cm³/mol. The first-order chi connectivity index (χ1) is 4.20. The summed E-state index contributed by atoms with van der Waals surface area (Å²) in [6, 6.07) is 0. The molecule has 3 fully saturated rings. The van der Waals surface area contributed by atoms with Crippen molar-refractivity contribution in [2.24, 2.45) is 0 Å². The van der Waals surface area contributed by atoms with Gasteiger partial charge in [0.2, 0.25) is 5.11 Å². The van der Waals surface area contributed by atoms with Crippen molar-refractivity contribution in [2.75, 3.05) is 0 Å². The molecule has 3 aliphatic rings. The zero-order chi connectivity index (χ0) is 6.48. The molecule has 8 heteroatoms. The summed E-state index contributed by atoms with van der Waals surface area (Å²) in [6.45, 7) is 0.